The highest BCUT2D eigenvalue weighted by Gasteiger charge is 2.26. The average Bonchev–Trinajstić information content (AvgIpc) is 2.38. The number of benzene rings is 1. The number of rotatable bonds is 4. The molecule has 1 saturated carbocycles. The van der Waals surface area contributed by atoms with Gasteiger partial charge in [0.15, 0.2) is 0 Å². The zero-order chi connectivity index (χ0) is 13.8. The van der Waals surface area contributed by atoms with E-state index in [0.717, 1.165) is 22.4 Å². The molecule has 1 aromatic carbocycles. The minimum absolute atomic E-state index is 0.0986. The van der Waals surface area contributed by atoms with Crippen LogP contribution in [0.4, 0.5) is 4.39 Å². The van der Waals surface area contributed by atoms with E-state index >= 15 is 0 Å². The summed E-state index contributed by atoms with van der Waals surface area (Å²) in [6.07, 6.45) is 5.98. The van der Waals surface area contributed by atoms with Gasteiger partial charge >= 0.3 is 0 Å². The quantitative estimate of drug-likeness (QED) is 0.855. The molecule has 3 heteroatoms. The molecule has 1 aromatic rings. The van der Waals surface area contributed by atoms with E-state index in [9.17, 15) is 4.39 Å². The van der Waals surface area contributed by atoms with E-state index in [1.807, 2.05) is 19.2 Å². The third-order valence-electron chi connectivity index (χ3n) is 4.37. The molecule has 1 aliphatic rings. The van der Waals surface area contributed by atoms with Crippen molar-refractivity contribution in [2.24, 2.45) is 11.8 Å². The Morgan fingerprint density at radius 1 is 1.42 bits per heavy atom. The average molecular weight is 328 g/mol. The third-order valence-corrected chi connectivity index (χ3v) is 4.86. The van der Waals surface area contributed by atoms with Crippen molar-refractivity contribution >= 4 is 15.9 Å². The lowest BCUT2D eigenvalue weighted by Gasteiger charge is -2.33. The lowest BCUT2D eigenvalue weighted by Crippen LogP contribution is -2.38. The minimum Gasteiger partial charge on any atom is -0.316 e. The molecular formula is C16H23BrFN. The highest BCUT2D eigenvalue weighted by atomic mass is 79.9. The zero-order valence-electron chi connectivity index (χ0n) is 11.8. The van der Waals surface area contributed by atoms with Crippen LogP contribution in [0.2, 0.25) is 0 Å². The fourth-order valence-electron chi connectivity index (χ4n) is 3.28. The largest absolute Gasteiger partial charge is 0.316 e. The Bertz CT molecular complexity index is 421. The maximum absolute atomic E-state index is 13.9. The first-order chi connectivity index (χ1) is 9.10. The van der Waals surface area contributed by atoms with Crippen molar-refractivity contribution in [1.82, 2.24) is 5.32 Å². The lowest BCUT2D eigenvalue weighted by atomic mass is 9.77. The Hall–Kier alpha value is -0.410. The fraction of sp³-hybridized carbons (Fsp3) is 0.625. The summed E-state index contributed by atoms with van der Waals surface area (Å²) in [6.45, 7) is 2.33. The van der Waals surface area contributed by atoms with Gasteiger partial charge in [-0.05, 0) is 55.8 Å². The Labute approximate surface area is 124 Å². The predicted octanol–water partition coefficient (Wildman–Crippen LogP) is 4.55. The number of likely N-dealkylation sites (N-methyl/N-ethyl adjacent to an activating group) is 1. The second-order valence-electron chi connectivity index (χ2n) is 5.87. The molecular weight excluding hydrogens is 305 g/mol. The summed E-state index contributed by atoms with van der Waals surface area (Å²) in [5.74, 6) is 1.39. The van der Waals surface area contributed by atoms with Gasteiger partial charge in [0.05, 0.1) is 0 Å². The van der Waals surface area contributed by atoms with Gasteiger partial charge in [-0.1, -0.05) is 41.8 Å². The van der Waals surface area contributed by atoms with E-state index in [1.54, 1.807) is 6.07 Å². The highest BCUT2D eigenvalue weighted by Crippen LogP contribution is 2.32. The Kier molecular flexibility index (Phi) is 5.40. The van der Waals surface area contributed by atoms with Crippen LogP contribution in [0, 0.1) is 17.7 Å². The molecule has 0 aliphatic heterocycles. The fourth-order valence-corrected chi connectivity index (χ4v) is 3.61. The van der Waals surface area contributed by atoms with E-state index in [4.69, 9.17) is 0 Å². The van der Waals surface area contributed by atoms with E-state index in [-0.39, 0.29) is 5.82 Å². The molecule has 3 atom stereocenters. The Balaban J connectivity index is 2.05. The van der Waals surface area contributed by atoms with Crippen LogP contribution in [0.3, 0.4) is 0 Å². The Morgan fingerprint density at radius 3 is 2.84 bits per heavy atom. The molecule has 0 amide bonds. The molecule has 106 valence electrons. The molecule has 1 aliphatic carbocycles. The molecule has 1 nitrogen and oxygen atoms in total. The molecule has 0 saturated heterocycles. The van der Waals surface area contributed by atoms with Crippen LogP contribution in [-0.2, 0) is 6.42 Å². The molecule has 0 heterocycles. The monoisotopic (exact) mass is 327 g/mol. The Morgan fingerprint density at radius 2 is 2.21 bits per heavy atom. The van der Waals surface area contributed by atoms with Gasteiger partial charge in [-0.3, -0.25) is 0 Å². The van der Waals surface area contributed by atoms with Crippen LogP contribution in [0.15, 0.2) is 22.7 Å². The van der Waals surface area contributed by atoms with Gasteiger partial charge in [0.2, 0.25) is 0 Å². The van der Waals surface area contributed by atoms with E-state index < -0.39 is 0 Å². The van der Waals surface area contributed by atoms with Gasteiger partial charge in [-0.15, -0.1) is 0 Å². The van der Waals surface area contributed by atoms with Crippen molar-refractivity contribution in [3.63, 3.8) is 0 Å². The first-order valence-electron chi connectivity index (χ1n) is 7.21. The summed E-state index contributed by atoms with van der Waals surface area (Å²) in [7, 11) is 2.00. The summed E-state index contributed by atoms with van der Waals surface area (Å²) >= 11 is 3.31. The predicted molar refractivity (Wildman–Crippen MR) is 81.8 cm³/mol. The molecule has 0 bridgehead atoms. The number of nitrogens with one attached hydrogen (secondary N) is 1. The smallest absolute Gasteiger partial charge is 0.127 e. The second-order valence-corrected chi connectivity index (χ2v) is 6.78. The van der Waals surface area contributed by atoms with Crippen LogP contribution >= 0.6 is 15.9 Å². The summed E-state index contributed by atoms with van der Waals surface area (Å²) in [6, 6.07) is 5.77. The van der Waals surface area contributed by atoms with Gasteiger partial charge in [0.1, 0.15) is 5.82 Å². The molecule has 1 N–H and O–H groups in total. The van der Waals surface area contributed by atoms with Crippen LogP contribution in [0.1, 0.15) is 38.2 Å². The van der Waals surface area contributed by atoms with E-state index in [1.165, 1.54) is 25.7 Å². The SMILES string of the molecule is CNC(Cc1ccc(Br)cc1F)C1CCCC(C)C1. The van der Waals surface area contributed by atoms with Gasteiger partial charge in [-0.2, -0.15) is 0 Å². The molecule has 3 unspecified atom stereocenters. The van der Waals surface area contributed by atoms with Gasteiger partial charge in [-0.25, -0.2) is 4.39 Å². The minimum atomic E-state index is -0.0986. The molecule has 0 aromatic heterocycles. The van der Waals surface area contributed by atoms with Crippen molar-refractivity contribution in [2.75, 3.05) is 7.05 Å². The lowest BCUT2D eigenvalue weighted by molar-refractivity contribution is 0.226. The van der Waals surface area contributed by atoms with Crippen molar-refractivity contribution in [3.05, 3.63) is 34.1 Å². The van der Waals surface area contributed by atoms with E-state index in [2.05, 4.69) is 28.2 Å². The standard InChI is InChI=1S/C16H23BrFN/c1-11-4-3-5-13(8-11)16(19-2)9-12-6-7-14(17)10-15(12)18/h6-7,10-11,13,16,19H,3-5,8-9H2,1-2H3. The molecule has 2 rings (SSSR count). The van der Waals surface area contributed by atoms with E-state index in [0.29, 0.717) is 12.0 Å². The molecule has 0 spiro atoms. The zero-order valence-corrected chi connectivity index (χ0v) is 13.3. The summed E-state index contributed by atoms with van der Waals surface area (Å²) < 4.78 is 14.7. The molecule has 1 fully saturated rings. The number of halogens is 2. The summed E-state index contributed by atoms with van der Waals surface area (Å²) in [5.41, 5.74) is 0.820. The maximum atomic E-state index is 13.9. The van der Waals surface area contributed by atoms with Crippen LogP contribution < -0.4 is 5.32 Å². The van der Waals surface area contributed by atoms with Gasteiger partial charge < -0.3 is 5.32 Å². The van der Waals surface area contributed by atoms with Crippen molar-refractivity contribution in [2.45, 2.75) is 45.1 Å². The van der Waals surface area contributed by atoms with Crippen LogP contribution in [-0.4, -0.2) is 13.1 Å². The second kappa shape index (κ2) is 6.85. The first kappa shape index (κ1) is 15.0. The van der Waals surface area contributed by atoms with Crippen molar-refractivity contribution in [1.29, 1.82) is 0 Å². The van der Waals surface area contributed by atoms with Crippen molar-refractivity contribution < 1.29 is 4.39 Å². The summed E-state index contributed by atoms with van der Waals surface area (Å²) in [4.78, 5) is 0. The first-order valence-corrected chi connectivity index (χ1v) is 8.00. The van der Waals surface area contributed by atoms with Crippen LogP contribution in [0.5, 0.6) is 0 Å². The molecule has 19 heavy (non-hydrogen) atoms. The number of hydrogen-bond acceptors (Lipinski definition) is 1. The topological polar surface area (TPSA) is 12.0 Å². The maximum Gasteiger partial charge on any atom is 0.127 e. The van der Waals surface area contributed by atoms with Gasteiger partial charge in [0, 0.05) is 10.5 Å². The third kappa shape index (κ3) is 4.03. The van der Waals surface area contributed by atoms with Crippen LogP contribution in [0.25, 0.3) is 0 Å². The van der Waals surface area contributed by atoms with Gasteiger partial charge in [0.25, 0.3) is 0 Å². The normalized spacial score (nSPS) is 25.3. The van der Waals surface area contributed by atoms with Crippen molar-refractivity contribution in [3.8, 4) is 0 Å². The molecule has 0 radical (unpaired) electrons. The number of hydrogen-bond donors (Lipinski definition) is 1. The highest BCUT2D eigenvalue weighted by molar-refractivity contribution is 9.10. The summed E-state index contributed by atoms with van der Waals surface area (Å²) in [5, 5.41) is 3.40.